The van der Waals surface area contributed by atoms with Crippen LogP contribution in [0.1, 0.15) is 29.4 Å². The lowest BCUT2D eigenvalue weighted by atomic mass is 9.89. The summed E-state index contributed by atoms with van der Waals surface area (Å²) in [7, 11) is 0. The van der Waals surface area contributed by atoms with Crippen molar-refractivity contribution in [3.63, 3.8) is 0 Å². The highest BCUT2D eigenvalue weighted by molar-refractivity contribution is 7.99. The number of thioether (sulfide) groups is 1. The Balaban J connectivity index is 1.89. The second-order valence-corrected chi connectivity index (χ2v) is 7.30. The van der Waals surface area contributed by atoms with E-state index in [1.165, 1.54) is 18.2 Å². The number of carbonyl (C=O) groups is 1. The number of amidine groups is 1. The van der Waals surface area contributed by atoms with Crippen LogP contribution < -0.4 is 11.1 Å². The lowest BCUT2D eigenvalue weighted by Gasteiger charge is -2.26. The van der Waals surface area contributed by atoms with E-state index in [4.69, 9.17) is 5.73 Å². The van der Waals surface area contributed by atoms with Crippen LogP contribution in [-0.2, 0) is 5.54 Å². The maximum absolute atomic E-state index is 14.5. The van der Waals surface area contributed by atoms with E-state index in [2.05, 4.69) is 15.3 Å². The zero-order valence-corrected chi connectivity index (χ0v) is 14.9. The van der Waals surface area contributed by atoms with Gasteiger partial charge in [-0.25, -0.2) is 13.8 Å². The first kappa shape index (κ1) is 18.3. The van der Waals surface area contributed by atoms with E-state index in [-0.39, 0.29) is 5.69 Å². The third kappa shape index (κ3) is 4.01. The Morgan fingerprint density at radius 3 is 2.85 bits per heavy atom. The largest absolute Gasteiger partial charge is 0.387 e. The van der Waals surface area contributed by atoms with Gasteiger partial charge in [-0.3, -0.25) is 9.79 Å². The standard InChI is InChI=1S/C18H18F2N4OS/c1-18(6-7-26-10-16(21)24-18)13-8-12(3-4-14(13)20)23-17(25)15-5-2-11(19)9-22-15/h2-5,8-9H,6-7,10H2,1H3,(H2,21,24)(H,23,25)/t18-/m0/s1. The third-order valence-corrected chi connectivity index (χ3v) is 5.13. The summed E-state index contributed by atoms with van der Waals surface area (Å²) in [5.41, 5.74) is 5.95. The minimum Gasteiger partial charge on any atom is -0.387 e. The van der Waals surface area contributed by atoms with E-state index < -0.39 is 23.1 Å². The molecule has 1 aromatic carbocycles. The molecule has 3 N–H and O–H groups in total. The lowest BCUT2D eigenvalue weighted by Crippen LogP contribution is -2.25. The van der Waals surface area contributed by atoms with Crippen molar-refractivity contribution in [3.05, 3.63) is 59.4 Å². The highest BCUT2D eigenvalue weighted by Crippen LogP contribution is 2.36. The number of nitrogens with zero attached hydrogens (tertiary/aromatic N) is 2. The average molecular weight is 376 g/mol. The molecule has 0 fully saturated rings. The van der Waals surface area contributed by atoms with E-state index >= 15 is 0 Å². The molecule has 8 heteroatoms. The predicted octanol–water partition coefficient (Wildman–Crippen LogP) is 3.32. The fourth-order valence-corrected chi connectivity index (χ4v) is 3.73. The Labute approximate surface area is 154 Å². The molecular formula is C18H18F2N4OS. The van der Waals surface area contributed by atoms with Crippen LogP contribution in [0.4, 0.5) is 14.5 Å². The molecule has 1 aliphatic heterocycles. The van der Waals surface area contributed by atoms with Crippen molar-refractivity contribution in [2.45, 2.75) is 18.9 Å². The summed E-state index contributed by atoms with van der Waals surface area (Å²) >= 11 is 1.65. The van der Waals surface area contributed by atoms with Crippen LogP contribution in [0.2, 0.25) is 0 Å². The molecule has 2 heterocycles. The molecule has 5 nitrogen and oxygen atoms in total. The van der Waals surface area contributed by atoms with Gasteiger partial charge in [0.1, 0.15) is 23.2 Å². The molecule has 1 aliphatic rings. The summed E-state index contributed by atoms with van der Waals surface area (Å²) in [4.78, 5) is 20.5. The molecule has 0 unspecified atom stereocenters. The number of aromatic nitrogens is 1. The average Bonchev–Trinajstić information content (AvgIpc) is 2.78. The van der Waals surface area contributed by atoms with E-state index in [1.807, 2.05) is 6.92 Å². The summed E-state index contributed by atoms with van der Waals surface area (Å²) in [6, 6.07) is 6.74. The molecule has 26 heavy (non-hydrogen) atoms. The number of nitrogens with two attached hydrogens (primary N) is 1. The number of hydrogen-bond acceptors (Lipinski definition) is 5. The first-order valence-electron chi connectivity index (χ1n) is 8.02. The van der Waals surface area contributed by atoms with Crippen LogP contribution in [0, 0.1) is 11.6 Å². The molecule has 0 spiro atoms. The molecule has 3 rings (SSSR count). The second kappa shape index (κ2) is 7.41. The van der Waals surface area contributed by atoms with Crippen LogP contribution in [-0.4, -0.2) is 28.2 Å². The minimum absolute atomic E-state index is 0.0663. The van der Waals surface area contributed by atoms with E-state index in [0.717, 1.165) is 18.0 Å². The van der Waals surface area contributed by atoms with Crippen molar-refractivity contribution in [1.29, 1.82) is 0 Å². The molecule has 1 amide bonds. The van der Waals surface area contributed by atoms with Crippen LogP contribution in [0.5, 0.6) is 0 Å². The smallest absolute Gasteiger partial charge is 0.274 e. The van der Waals surface area contributed by atoms with E-state index in [0.29, 0.717) is 29.3 Å². The van der Waals surface area contributed by atoms with Gasteiger partial charge in [0, 0.05) is 11.3 Å². The maximum atomic E-state index is 14.5. The number of amides is 1. The molecule has 0 radical (unpaired) electrons. The first-order chi connectivity index (χ1) is 12.4. The van der Waals surface area contributed by atoms with Crippen molar-refractivity contribution in [2.75, 3.05) is 16.8 Å². The number of benzene rings is 1. The van der Waals surface area contributed by atoms with Gasteiger partial charge in [-0.05, 0) is 49.4 Å². The van der Waals surface area contributed by atoms with Gasteiger partial charge in [0.2, 0.25) is 0 Å². The van der Waals surface area contributed by atoms with Crippen LogP contribution >= 0.6 is 11.8 Å². The zero-order valence-electron chi connectivity index (χ0n) is 14.1. The third-order valence-electron chi connectivity index (χ3n) is 4.14. The number of nitrogens with one attached hydrogen (secondary N) is 1. The number of rotatable bonds is 3. The van der Waals surface area contributed by atoms with Crippen LogP contribution in [0.15, 0.2) is 41.5 Å². The number of hydrogen-bond donors (Lipinski definition) is 2. The second-order valence-electron chi connectivity index (χ2n) is 6.19. The maximum Gasteiger partial charge on any atom is 0.274 e. The summed E-state index contributed by atoms with van der Waals surface area (Å²) in [5, 5.41) is 2.65. The van der Waals surface area contributed by atoms with Gasteiger partial charge in [-0.2, -0.15) is 11.8 Å². The van der Waals surface area contributed by atoms with Gasteiger partial charge in [-0.15, -0.1) is 0 Å². The van der Waals surface area contributed by atoms with Crippen LogP contribution in [0.25, 0.3) is 0 Å². The van der Waals surface area contributed by atoms with Gasteiger partial charge in [0.05, 0.1) is 17.5 Å². The van der Waals surface area contributed by atoms with Crippen LogP contribution in [0.3, 0.4) is 0 Å². The Morgan fingerprint density at radius 1 is 1.31 bits per heavy atom. The molecule has 0 saturated carbocycles. The van der Waals surface area contributed by atoms with Gasteiger partial charge in [0.25, 0.3) is 5.91 Å². The van der Waals surface area contributed by atoms with Gasteiger partial charge in [-0.1, -0.05) is 0 Å². The highest BCUT2D eigenvalue weighted by Gasteiger charge is 2.31. The first-order valence-corrected chi connectivity index (χ1v) is 9.18. The van der Waals surface area contributed by atoms with Crippen molar-refractivity contribution in [1.82, 2.24) is 4.98 Å². The Kier molecular flexibility index (Phi) is 5.22. The SMILES string of the molecule is C[C@@]1(c2cc(NC(=O)c3ccc(F)cn3)ccc2F)CCSCC(N)=N1. The monoisotopic (exact) mass is 376 g/mol. The summed E-state index contributed by atoms with van der Waals surface area (Å²) in [5.74, 6) is 0.445. The normalized spacial score (nSPS) is 20.2. The molecule has 2 aromatic rings. The van der Waals surface area contributed by atoms with Crippen molar-refractivity contribution >= 4 is 29.2 Å². The fourth-order valence-electron chi connectivity index (χ4n) is 2.77. The number of carbonyl (C=O) groups excluding carboxylic acids is 1. The van der Waals surface area contributed by atoms with Crippen molar-refractivity contribution in [3.8, 4) is 0 Å². The molecule has 1 atom stereocenters. The highest BCUT2D eigenvalue weighted by atomic mass is 32.2. The summed E-state index contributed by atoms with van der Waals surface area (Å²) in [6.45, 7) is 1.83. The quantitative estimate of drug-likeness (QED) is 0.861. The van der Waals surface area contributed by atoms with Gasteiger partial charge in [0.15, 0.2) is 0 Å². The molecule has 0 aliphatic carbocycles. The number of anilines is 1. The van der Waals surface area contributed by atoms with E-state index in [9.17, 15) is 13.6 Å². The number of halogens is 2. The molecule has 0 bridgehead atoms. The Hall–Kier alpha value is -2.48. The minimum atomic E-state index is -0.799. The van der Waals surface area contributed by atoms with Crippen molar-refractivity contribution < 1.29 is 13.6 Å². The van der Waals surface area contributed by atoms with Crippen molar-refractivity contribution in [2.24, 2.45) is 10.7 Å². The molecule has 1 aromatic heterocycles. The van der Waals surface area contributed by atoms with Gasteiger partial charge < -0.3 is 11.1 Å². The lowest BCUT2D eigenvalue weighted by molar-refractivity contribution is 0.102. The Bertz CT molecular complexity index is 857. The fraction of sp³-hybridized carbons (Fsp3) is 0.278. The predicted molar refractivity (Wildman–Crippen MR) is 99.5 cm³/mol. The molecular weight excluding hydrogens is 358 g/mol. The van der Waals surface area contributed by atoms with E-state index in [1.54, 1.807) is 17.8 Å². The topological polar surface area (TPSA) is 80.4 Å². The zero-order chi connectivity index (χ0) is 18.7. The Morgan fingerprint density at radius 2 is 2.12 bits per heavy atom. The molecule has 0 saturated heterocycles. The van der Waals surface area contributed by atoms with Gasteiger partial charge >= 0.3 is 0 Å². The molecule has 136 valence electrons. The number of aliphatic imine (C=N–C) groups is 1. The summed E-state index contributed by atoms with van der Waals surface area (Å²) < 4.78 is 27.4. The summed E-state index contributed by atoms with van der Waals surface area (Å²) in [6.07, 6.45) is 1.60. The number of pyridine rings is 1.